The first kappa shape index (κ1) is 15.8. The van der Waals surface area contributed by atoms with Crippen molar-refractivity contribution in [2.24, 2.45) is 10.9 Å². The molecule has 2 aromatic rings. The van der Waals surface area contributed by atoms with Gasteiger partial charge in [-0.1, -0.05) is 5.16 Å². The third-order valence-electron chi connectivity index (χ3n) is 3.15. The summed E-state index contributed by atoms with van der Waals surface area (Å²) in [6, 6.07) is 5.57. The van der Waals surface area contributed by atoms with Crippen LogP contribution in [0.2, 0.25) is 0 Å². The number of aryl methyl sites for hydroxylation is 2. The van der Waals surface area contributed by atoms with Crippen LogP contribution in [0.5, 0.6) is 0 Å². The molecule has 0 spiro atoms. The van der Waals surface area contributed by atoms with E-state index in [1.165, 1.54) is 11.8 Å². The van der Waals surface area contributed by atoms with Crippen molar-refractivity contribution in [1.82, 2.24) is 9.97 Å². The number of nitrogens with zero attached hydrogens (tertiary/aromatic N) is 3. The van der Waals surface area contributed by atoms with E-state index in [0.717, 1.165) is 26.3 Å². The molecule has 1 aromatic carbocycles. The van der Waals surface area contributed by atoms with Gasteiger partial charge in [-0.2, -0.15) is 0 Å². The van der Waals surface area contributed by atoms with Gasteiger partial charge in [-0.05, 0) is 72.2 Å². The Morgan fingerprint density at radius 3 is 2.38 bits per heavy atom. The van der Waals surface area contributed by atoms with Gasteiger partial charge in [-0.3, -0.25) is 0 Å². The van der Waals surface area contributed by atoms with E-state index < -0.39 is 0 Å². The van der Waals surface area contributed by atoms with E-state index in [4.69, 9.17) is 10.9 Å². The number of amidine groups is 1. The van der Waals surface area contributed by atoms with Crippen molar-refractivity contribution in [3.63, 3.8) is 0 Å². The summed E-state index contributed by atoms with van der Waals surface area (Å²) in [5, 5.41) is 12.4. The summed E-state index contributed by atoms with van der Waals surface area (Å²) in [5.41, 5.74) is 9.31. The van der Waals surface area contributed by atoms with Gasteiger partial charge in [0.1, 0.15) is 0 Å². The molecular weight excluding hydrogens is 352 g/mol. The predicted molar refractivity (Wildman–Crippen MR) is 87.0 cm³/mol. The van der Waals surface area contributed by atoms with Crippen molar-refractivity contribution < 1.29 is 5.21 Å². The van der Waals surface area contributed by atoms with E-state index in [2.05, 4.69) is 31.1 Å². The molecular formula is C14H15BrN4OS. The van der Waals surface area contributed by atoms with Crippen LogP contribution in [0.15, 0.2) is 37.9 Å². The van der Waals surface area contributed by atoms with Crippen LogP contribution in [0, 0.1) is 20.8 Å². The summed E-state index contributed by atoms with van der Waals surface area (Å²) in [4.78, 5) is 9.93. The maximum absolute atomic E-state index is 8.72. The van der Waals surface area contributed by atoms with Crippen molar-refractivity contribution in [1.29, 1.82) is 0 Å². The van der Waals surface area contributed by atoms with E-state index in [1.54, 1.807) is 6.07 Å². The summed E-state index contributed by atoms with van der Waals surface area (Å²) < 4.78 is 0.753. The molecule has 110 valence electrons. The molecule has 0 radical (unpaired) electrons. The Bertz CT molecular complexity index is 695. The molecule has 2 rings (SSSR count). The van der Waals surface area contributed by atoms with Crippen molar-refractivity contribution in [3.05, 3.63) is 45.2 Å². The fourth-order valence-corrected chi connectivity index (χ4v) is 3.34. The van der Waals surface area contributed by atoms with Crippen molar-refractivity contribution in [2.75, 3.05) is 0 Å². The molecule has 0 aliphatic rings. The summed E-state index contributed by atoms with van der Waals surface area (Å²) in [6.07, 6.45) is 0. The Morgan fingerprint density at radius 2 is 1.86 bits per heavy atom. The maximum atomic E-state index is 8.72. The number of oxime groups is 1. The molecule has 0 aliphatic carbocycles. The second-order valence-corrected chi connectivity index (χ2v) is 6.43. The minimum atomic E-state index is 0.0664. The average molecular weight is 367 g/mol. The molecule has 0 saturated carbocycles. The minimum absolute atomic E-state index is 0.0664. The molecule has 7 heteroatoms. The predicted octanol–water partition coefficient (Wildman–Crippen LogP) is 3.41. The fourth-order valence-electron chi connectivity index (χ4n) is 1.71. The van der Waals surface area contributed by atoms with Crippen LogP contribution in [0.25, 0.3) is 0 Å². The van der Waals surface area contributed by atoms with Gasteiger partial charge in [-0.25, -0.2) is 9.97 Å². The lowest BCUT2D eigenvalue weighted by atomic mass is 10.2. The smallest absolute Gasteiger partial charge is 0.192 e. The Morgan fingerprint density at radius 1 is 1.24 bits per heavy atom. The van der Waals surface area contributed by atoms with E-state index in [-0.39, 0.29) is 5.84 Å². The average Bonchev–Trinajstić information content (AvgIpc) is 2.44. The summed E-state index contributed by atoms with van der Waals surface area (Å²) in [7, 11) is 0. The largest absolute Gasteiger partial charge is 0.409 e. The van der Waals surface area contributed by atoms with Gasteiger partial charge in [0.05, 0.1) is 0 Å². The van der Waals surface area contributed by atoms with Crippen LogP contribution >= 0.6 is 27.7 Å². The summed E-state index contributed by atoms with van der Waals surface area (Å²) >= 11 is 4.89. The molecule has 0 amide bonds. The van der Waals surface area contributed by atoms with Crippen LogP contribution in [0.4, 0.5) is 0 Å². The molecule has 0 bridgehead atoms. The zero-order chi connectivity index (χ0) is 15.6. The number of hydrogen-bond donors (Lipinski definition) is 2. The van der Waals surface area contributed by atoms with Crippen molar-refractivity contribution >= 4 is 33.5 Å². The van der Waals surface area contributed by atoms with E-state index in [9.17, 15) is 0 Å². The first-order chi connectivity index (χ1) is 9.92. The molecule has 5 nitrogen and oxygen atoms in total. The normalized spacial score (nSPS) is 11.7. The molecule has 0 unspecified atom stereocenters. The number of aromatic nitrogens is 2. The van der Waals surface area contributed by atoms with Crippen molar-refractivity contribution in [3.8, 4) is 0 Å². The highest BCUT2D eigenvalue weighted by Crippen LogP contribution is 2.29. The Balaban J connectivity index is 2.31. The Labute approximate surface area is 135 Å². The van der Waals surface area contributed by atoms with Gasteiger partial charge in [0.15, 0.2) is 11.0 Å². The number of benzene rings is 1. The highest BCUT2D eigenvalue weighted by Gasteiger charge is 2.09. The Hall–Kier alpha value is -1.60. The second kappa shape index (κ2) is 6.44. The molecule has 21 heavy (non-hydrogen) atoms. The van der Waals surface area contributed by atoms with Crippen LogP contribution in [0.3, 0.4) is 0 Å². The van der Waals surface area contributed by atoms with E-state index in [1.807, 2.05) is 32.9 Å². The van der Waals surface area contributed by atoms with Crippen molar-refractivity contribution in [2.45, 2.75) is 30.8 Å². The molecule has 0 atom stereocenters. The molecule has 3 N–H and O–H groups in total. The highest BCUT2D eigenvalue weighted by atomic mass is 79.9. The monoisotopic (exact) mass is 366 g/mol. The van der Waals surface area contributed by atoms with Gasteiger partial charge in [0, 0.05) is 26.3 Å². The van der Waals surface area contributed by atoms with E-state index in [0.29, 0.717) is 10.7 Å². The molecule has 1 aromatic heterocycles. The van der Waals surface area contributed by atoms with Crippen LogP contribution in [-0.4, -0.2) is 21.0 Å². The highest BCUT2D eigenvalue weighted by molar-refractivity contribution is 9.10. The first-order valence-electron chi connectivity index (χ1n) is 6.19. The molecule has 0 saturated heterocycles. The standard InChI is InChI=1S/C14H15BrN4OS/c1-7-8(2)17-14(18-9(7)3)21-10-4-5-11(12(15)6-10)13(16)19-20/h4-6,20H,1-3H3,(H2,16,19). The Kier molecular flexibility index (Phi) is 4.84. The van der Waals surface area contributed by atoms with Gasteiger partial charge < -0.3 is 10.9 Å². The summed E-state index contributed by atoms with van der Waals surface area (Å²) in [5.74, 6) is 0.0664. The number of halogens is 1. The minimum Gasteiger partial charge on any atom is -0.409 e. The van der Waals surface area contributed by atoms with Gasteiger partial charge in [0.25, 0.3) is 0 Å². The lowest BCUT2D eigenvalue weighted by Crippen LogP contribution is -2.13. The fraction of sp³-hybridized carbons (Fsp3) is 0.214. The first-order valence-corrected chi connectivity index (χ1v) is 7.80. The summed E-state index contributed by atoms with van der Waals surface area (Å²) in [6.45, 7) is 5.97. The molecule has 0 aliphatic heterocycles. The topological polar surface area (TPSA) is 84.4 Å². The third-order valence-corrected chi connectivity index (χ3v) is 4.66. The zero-order valence-corrected chi connectivity index (χ0v) is 14.3. The van der Waals surface area contributed by atoms with Crippen LogP contribution in [-0.2, 0) is 0 Å². The number of rotatable bonds is 3. The molecule has 1 heterocycles. The lowest BCUT2D eigenvalue weighted by molar-refractivity contribution is 0.318. The molecule has 0 fully saturated rings. The number of nitrogens with two attached hydrogens (primary N) is 1. The van der Waals surface area contributed by atoms with Crippen LogP contribution in [0.1, 0.15) is 22.5 Å². The second-order valence-electron chi connectivity index (χ2n) is 4.53. The van der Waals surface area contributed by atoms with Gasteiger partial charge in [-0.15, -0.1) is 0 Å². The van der Waals surface area contributed by atoms with Crippen LogP contribution < -0.4 is 5.73 Å². The maximum Gasteiger partial charge on any atom is 0.192 e. The quantitative estimate of drug-likeness (QED) is 0.286. The third kappa shape index (κ3) is 3.54. The van der Waals surface area contributed by atoms with Gasteiger partial charge in [0.2, 0.25) is 0 Å². The lowest BCUT2D eigenvalue weighted by Gasteiger charge is -2.08. The van der Waals surface area contributed by atoms with Gasteiger partial charge >= 0.3 is 0 Å². The van der Waals surface area contributed by atoms with E-state index >= 15 is 0 Å². The number of hydrogen-bond acceptors (Lipinski definition) is 5. The SMILES string of the molecule is Cc1nc(Sc2ccc(/C(N)=N/O)c(Br)c2)nc(C)c1C. The zero-order valence-electron chi connectivity index (χ0n) is 11.9.